The molecular weight excluding hydrogens is 666 g/mol. The number of thioether (sulfide) groups is 1. The zero-order valence-electron chi connectivity index (χ0n) is 28.6. The second-order valence-electron chi connectivity index (χ2n) is 12.4. The fraction of sp³-hybridized carbons (Fsp3) is 0.432. The molecule has 262 valence electrons. The van der Waals surface area contributed by atoms with Crippen molar-refractivity contribution in [3.63, 3.8) is 0 Å². The van der Waals surface area contributed by atoms with Gasteiger partial charge in [-0.3, -0.25) is 14.4 Å². The van der Waals surface area contributed by atoms with E-state index in [2.05, 4.69) is 10.6 Å². The highest BCUT2D eigenvalue weighted by Gasteiger charge is 2.37. The number of ether oxygens (including phenoxy) is 3. The minimum absolute atomic E-state index is 0.125. The molecule has 5 rings (SSSR count). The van der Waals surface area contributed by atoms with Gasteiger partial charge in [-0.1, -0.05) is 29.8 Å². The predicted molar refractivity (Wildman–Crippen MR) is 194 cm³/mol. The summed E-state index contributed by atoms with van der Waals surface area (Å²) in [6.07, 6.45) is 4.37. The number of methoxy groups -OCH3 is 3. The maximum Gasteiger partial charge on any atom is 0.245 e. The van der Waals surface area contributed by atoms with Crippen LogP contribution in [0.2, 0.25) is 5.02 Å². The van der Waals surface area contributed by atoms with Gasteiger partial charge in [-0.25, -0.2) is 0 Å². The quantitative estimate of drug-likeness (QED) is 0.235. The van der Waals surface area contributed by atoms with E-state index >= 15 is 0 Å². The van der Waals surface area contributed by atoms with Gasteiger partial charge in [-0.15, -0.1) is 0 Å². The van der Waals surface area contributed by atoms with Crippen LogP contribution in [0.5, 0.6) is 17.2 Å². The van der Waals surface area contributed by atoms with E-state index in [1.54, 1.807) is 62.3 Å². The number of hydrogen-bond acceptors (Lipinski definition) is 9. The van der Waals surface area contributed by atoms with Crippen LogP contribution in [-0.2, 0) is 21.6 Å². The minimum atomic E-state index is -1.05. The van der Waals surface area contributed by atoms with E-state index in [4.69, 9.17) is 25.8 Å². The van der Waals surface area contributed by atoms with Crippen LogP contribution in [0.4, 0.5) is 5.69 Å². The van der Waals surface area contributed by atoms with Gasteiger partial charge in [0.25, 0.3) is 0 Å². The lowest BCUT2D eigenvalue weighted by Crippen LogP contribution is -2.50. The molecule has 3 aromatic rings. The van der Waals surface area contributed by atoms with E-state index < -0.39 is 17.7 Å². The first kappa shape index (κ1) is 36.4. The van der Waals surface area contributed by atoms with Crippen LogP contribution in [0.1, 0.15) is 55.3 Å². The Kier molecular flexibility index (Phi) is 11.7. The Morgan fingerprint density at radius 1 is 1.04 bits per heavy atom. The average Bonchev–Trinajstić information content (AvgIpc) is 3.33. The van der Waals surface area contributed by atoms with Gasteiger partial charge in [0.2, 0.25) is 23.0 Å². The molecule has 2 aliphatic rings. The molecular formula is C37H44ClN3O7S. The molecule has 49 heavy (non-hydrogen) atoms. The smallest absolute Gasteiger partial charge is 0.245 e. The summed E-state index contributed by atoms with van der Waals surface area (Å²) in [5.74, 6) is 1.77. The molecule has 0 bridgehead atoms. The van der Waals surface area contributed by atoms with Crippen LogP contribution in [0.15, 0.2) is 53.3 Å². The number of rotatable bonds is 11. The van der Waals surface area contributed by atoms with Crippen molar-refractivity contribution in [2.45, 2.75) is 56.7 Å². The fourth-order valence-electron chi connectivity index (χ4n) is 6.87. The predicted octanol–water partition coefficient (Wildman–Crippen LogP) is 5.56. The summed E-state index contributed by atoms with van der Waals surface area (Å²) in [4.78, 5) is 42.1. The molecule has 0 spiro atoms. The molecule has 12 heteroatoms. The molecule has 3 N–H and O–H groups in total. The molecule has 1 saturated heterocycles. The third-order valence-electron chi connectivity index (χ3n) is 9.44. The molecule has 2 amide bonds. The van der Waals surface area contributed by atoms with Gasteiger partial charge in [0.15, 0.2) is 11.5 Å². The van der Waals surface area contributed by atoms with E-state index in [9.17, 15) is 19.5 Å². The van der Waals surface area contributed by atoms with E-state index in [1.165, 1.54) is 6.92 Å². The molecule has 2 unspecified atom stereocenters. The summed E-state index contributed by atoms with van der Waals surface area (Å²) >= 11 is 7.68. The Morgan fingerprint density at radius 3 is 2.35 bits per heavy atom. The first-order valence-electron chi connectivity index (χ1n) is 16.3. The number of carbonyl (C=O) groups is 2. The van der Waals surface area contributed by atoms with Crippen molar-refractivity contribution in [2.24, 2.45) is 0 Å². The summed E-state index contributed by atoms with van der Waals surface area (Å²) in [6, 6.07) is 13.1. The van der Waals surface area contributed by atoms with Crippen molar-refractivity contribution in [2.75, 3.05) is 51.7 Å². The fourth-order valence-corrected chi connectivity index (χ4v) is 7.47. The number of amides is 2. The zero-order valence-corrected chi connectivity index (χ0v) is 30.1. The van der Waals surface area contributed by atoms with E-state index in [0.717, 1.165) is 16.7 Å². The standard InChI is InChI=1S/C37H44ClN3O7S/c1-22(42)39-28-12-6-23-20-32(46-2)34(47-3)35(48-4)33(23)26-11-13-29(31(43)21-27(26)28)40-30(14-19-49-5)36(44)41-17-15-37(45,16-18-41)24-7-9-25(38)10-8-24/h7-11,13,20-21,28,30,45H,6,12,14-19H2,1-5H3,(H,39,42)(H,40,43). The first-order valence-corrected chi connectivity index (χ1v) is 18.1. The van der Waals surface area contributed by atoms with Crippen LogP contribution >= 0.6 is 23.4 Å². The normalized spacial score (nSPS) is 17.1. The lowest BCUT2D eigenvalue weighted by Gasteiger charge is -2.40. The molecule has 2 atom stereocenters. The maximum atomic E-state index is 14.0. The number of carbonyl (C=O) groups excluding carboxylic acids is 2. The van der Waals surface area contributed by atoms with Gasteiger partial charge < -0.3 is 34.9 Å². The summed E-state index contributed by atoms with van der Waals surface area (Å²) in [5.41, 5.74) is 2.71. The van der Waals surface area contributed by atoms with Crippen LogP contribution in [0.25, 0.3) is 11.1 Å². The molecule has 1 heterocycles. The number of hydrogen-bond donors (Lipinski definition) is 3. The zero-order chi connectivity index (χ0) is 35.3. The van der Waals surface area contributed by atoms with Crippen molar-refractivity contribution < 1.29 is 28.9 Å². The maximum absolute atomic E-state index is 14.0. The second-order valence-corrected chi connectivity index (χ2v) is 13.9. The Labute approximate surface area is 296 Å². The lowest BCUT2D eigenvalue weighted by atomic mass is 9.84. The van der Waals surface area contributed by atoms with E-state index in [-0.39, 0.29) is 22.9 Å². The Hall–Kier alpha value is -3.93. The van der Waals surface area contributed by atoms with Crippen LogP contribution in [-0.4, -0.2) is 74.3 Å². The Balaban J connectivity index is 1.50. The number of aliphatic hydroxyl groups is 1. The van der Waals surface area contributed by atoms with Gasteiger partial charge >= 0.3 is 0 Å². The summed E-state index contributed by atoms with van der Waals surface area (Å²) in [7, 11) is 4.66. The number of fused-ring (bicyclic) bond motifs is 3. The summed E-state index contributed by atoms with van der Waals surface area (Å²) in [6.45, 7) is 2.20. The Bertz CT molecular complexity index is 1750. The molecule has 0 saturated carbocycles. The number of piperidine rings is 1. The van der Waals surface area contributed by atoms with Crippen LogP contribution in [0, 0.1) is 0 Å². The highest BCUT2D eigenvalue weighted by atomic mass is 35.5. The highest BCUT2D eigenvalue weighted by Crippen LogP contribution is 2.50. The largest absolute Gasteiger partial charge is 0.493 e. The van der Waals surface area contributed by atoms with Gasteiger partial charge in [0.1, 0.15) is 6.04 Å². The van der Waals surface area contributed by atoms with Crippen LogP contribution < -0.4 is 30.3 Å². The third-order valence-corrected chi connectivity index (χ3v) is 10.3. The second kappa shape index (κ2) is 15.7. The molecule has 0 aromatic heterocycles. The SMILES string of the molecule is COc1cc2c(c(OC)c1OC)-c1ccc(NC(CCSC)C(=O)N3CCC(O)(c4ccc(Cl)cc4)CC3)c(=O)cc1C(NC(C)=O)CC2. The molecule has 10 nitrogen and oxygen atoms in total. The molecule has 1 aliphatic carbocycles. The number of halogens is 1. The van der Waals surface area contributed by atoms with Crippen molar-refractivity contribution in [1.29, 1.82) is 0 Å². The van der Waals surface area contributed by atoms with Crippen molar-refractivity contribution in [3.8, 4) is 28.4 Å². The number of likely N-dealkylation sites (tertiary alicyclic amines) is 1. The third kappa shape index (κ3) is 7.79. The van der Waals surface area contributed by atoms with Gasteiger partial charge in [0.05, 0.1) is 38.7 Å². The van der Waals surface area contributed by atoms with E-state index in [1.807, 2.05) is 30.5 Å². The van der Waals surface area contributed by atoms with E-state index in [0.29, 0.717) is 84.3 Å². The number of nitrogens with zero attached hydrogens (tertiary/aromatic N) is 1. The summed E-state index contributed by atoms with van der Waals surface area (Å²) in [5, 5.41) is 18.3. The topological polar surface area (TPSA) is 126 Å². The van der Waals surface area contributed by atoms with Gasteiger partial charge in [0, 0.05) is 30.6 Å². The van der Waals surface area contributed by atoms with Crippen molar-refractivity contribution in [1.82, 2.24) is 10.2 Å². The number of benzene rings is 2. The monoisotopic (exact) mass is 709 g/mol. The summed E-state index contributed by atoms with van der Waals surface area (Å²) < 4.78 is 17.2. The average molecular weight is 710 g/mol. The van der Waals surface area contributed by atoms with Crippen LogP contribution in [0.3, 0.4) is 0 Å². The molecule has 3 aromatic carbocycles. The lowest BCUT2D eigenvalue weighted by molar-refractivity contribution is -0.136. The number of anilines is 1. The number of aryl methyl sites for hydroxylation is 1. The van der Waals surface area contributed by atoms with Crippen molar-refractivity contribution in [3.05, 3.63) is 80.5 Å². The highest BCUT2D eigenvalue weighted by molar-refractivity contribution is 7.98. The van der Waals surface area contributed by atoms with Crippen molar-refractivity contribution >= 4 is 40.9 Å². The van der Waals surface area contributed by atoms with Gasteiger partial charge in [-0.05, 0) is 96.7 Å². The Morgan fingerprint density at radius 2 is 1.73 bits per heavy atom. The molecule has 1 aliphatic heterocycles. The molecule has 1 fully saturated rings. The van der Waals surface area contributed by atoms with Gasteiger partial charge in [-0.2, -0.15) is 11.8 Å². The minimum Gasteiger partial charge on any atom is -0.493 e. The first-order chi connectivity index (χ1) is 23.5. The molecule has 0 radical (unpaired) electrons. The number of nitrogens with one attached hydrogen (secondary N) is 2.